The summed E-state index contributed by atoms with van der Waals surface area (Å²) in [7, 11) is 3.40. The van der Waals surface area contributed by atoms with Crippen molar-refractivity contribution in [2.75, 3.05) is 25.6 Å². The summed E-state index contributed by atoms with van der Waals surface area (Å²) in [6.45, 7) is 0.677. The number of rotatable bonds is 4. The van der Waals surface area contributed by atoms with Gasteiger partial charge in [-0.1, -0.05) is 6.07 Å². The maximum Gasteiger partial charge on any atom is 0.313 e. The Hall–Kier alpha value is -1.58. The SMILES string of the molecule is COC(=O)C1(CN(C)c2ccccn2)CC1. The fraction of sp³-hybridized carbons (Fsp3) is 0.500. The van der Waals surface area contributed by atoms with Crippen molar-refractivity contribution in [1.82, 2.24) is 4.98 Å². The normalized spacial score (nSPS) is 16.6. The number of ether oxygens (including phenoxy) is 1. The van der Waals surface area contributed by atoms with Gasteiger partial charge >= 0.3 is 5.97 Å². The van der Waals surface area contributed by atoms with Crippen LogP contribution in [0.25, 0.3) is 0 Å². The molecule has 0 aromatic carbocycles. The van der Waals surface area contributed by atoms with Gasteiger partial charge in [-0.2, -0.15) is 0 Å². The number of anilines is 1. The Labute approximate surface area is 95.2 Å². The van der Waals surface area contributed by atoms with E-state index in [1.165, 1.54) is 7.11 Å². The van der Waals surface area contributed by atoms with E-state index in [1.807, 2.05) is 30.1 Å². The monoisotopic (exact) mass is 220 g/mol. The Bertz CT molecular complexity index is 374. The molecule has 0 N–H and O–H groups in total. The summed E-state index contributed by atoms with van der Waals surface area (Å²) in [6, 6.07) is 5.76. The summed E-state index contributed by atoms with van der Waals surface area (Å²) >= 11 is 0. The molecule has 1 aromatic rings. The molecule has 0 saturated heterocycles. The van der Waals surface area contributed by atoms with Crippen molar-refractivity contribution in [3.63, 3.8) is 0 Å². The van der Waals surface area contributed by atoms with Crippen molar-refractivity contribution in [3.05, 3.63) is 24.4 Å². The van der Waals surface area contributed by atoms with Gasteiger partial charge in [0.1, 0.15) is 5.82 Å². The van der Waals surface area contributed by atoms with Crippen molar-refractivity contribution in [1.29, 1.82) is 0 Å². The molecule has 86 valence electrons. The van der Waals surface area contributed by atoms with Crippen molar-refractivity contribution < 1.29 is 9.53 Å². The Balaban J connectivity index is 2.03. The van der Waals surface area contributed by atoms with Crippen LogP contribution < -0.4 is 4.90 Å². The summed E-state index contributed by atoms with van der Waals surface area (Å²) < 4.78 is 4.83. The molecule has 0 amide bonds. The fourth-order valence-electron chi connectivity index (χ4n) is 1.91. The number of esters is 1. The summed E-state index contributed by atoms with van der Waals surface area (Å²) in [5.74, 6) is 0.785. The van der Waals surface area contributed by atoms with E-state index in [4.69, 9.17) is 4.74 Å². The van der Waals surface area contributed by atoms with E-state index in [1.54, 1.807) is 6.20 Å². The van der Waals surface area contributed by atoms with E-state index < -0.39 is 0 Å². The Kier molecular flexibility index (Phi) is 2.81. The number of hydrogen-bond acceptors (Lipinski definition) is 4. The second kappa shape index (κ2) is 4.12. The van der Waals surface area contributed by atoms with E-state index in [9.17, 15) is 4.79 Å². The Morgan fingerprint density at radius 1 is 1.56 bits per heavy atom. The van der Waals surface area contributed by atoms with Gasteiger partial charge < -0.3 is 9.64 Å². The van der Waals surface area contributed by atoms with Crippen LogP contribution in [0.2, 0.25) is 0 Å². The van der Waals surface area contributed by atoms with Crippen molar-refractivity contribution in [2.24, 2.45) is 5.41 Å². The molecule has 1 aliphatic rings. The topological polar surface area (TPSA) is 42.4 Å². The zero-order valence-electron chi connectivity index (χ0n) is 9.64. The van der Waals surface area contributed by atoms with Gasteiger partial charge in [-0.15, -0.1) is 0 Å². The number of aromatic nitrogens is 1. The predicted molar refractivity (Wildman–Crippen MR) is 61.2 cm³/mol. The van der Waals surface area contributed by atoms with Crippen LogP contribution in [0.1, 0.15) is 12.8 Å². The van der Waals surface area contributed by atoms with Gasteiger partial charge in [0.15, 0.2) is 0 Å². The summed E-state index contributed by atoms with van der Waals surface area (Å²) in [6.07, 6.45) is 3.58. The third-order valence-corrected chi connectivity index (χ3v) is 3.05. The van der Waals surface area contributed by atoms with Gasteiger partial charge in [0.05, 0.1) is 12.5 Å². The van der Waals surface area contributed by atoms with Gasteiger partial charge in [-0.25, -0.2) is 4.98 Å². The molecule has 1 aromatic heterocycles. The van der Waals surface area contributed by atoms with E-state index in [2.05, 4.69) is 4.98 Å². The number of pyridine rings is 1. The van der Waals surface area contributed by atoms with E-state index in [-0.39, 0.29) is 11.4 Å². The molecular weight excluding hydrogens is 204 g/mol. The van der Waals surface area contributed by atoms with Gasteiger partial charge in [-0.05, 0) is 25.0 Å². The maximum absolute atomic E-state index is 11.6. The first-order valence-corrected chi connectivity index (χ1v) is 5.38. The molecule has 0 spiro atoms. The van der Waals surface area contributed by atoms with Crippen LogP contribution in [0, 0.1) is 5.41 Å². The standard InChI is InChI=1S/C12H16N2O2/c1-14(10-5-3-4-8-13-10)9-12(6-7-12)11(15)16-2/h3-5,8H,6-7,9H2,1-2H3. The van der Waals surface area contributed by atoms with Crippen LogP contribution in [-0.4, -0.2) is 31.7 Å². The first-order chi connectivity index (χ1) is 7.68. The zero-order valence-corrected chi connectivity index (χ0v) is 9.64. The second-order valence-electron chi connectivity index (χ2n) is 4.32. The fourth-order valence-corrected chi connectivity index (χ4v) is 1.91. The average Bonchev–Trinajstić information content (AvgIpc) is 3.10. The molecule has 4 nitrogen and oxygen atoms in total. The summed E-state index contributed by atoms with van der Waals surface area (Å²) in [4.78, 5) is 17.8. The van der Waals surface area contributed by atoms with Gasteiger partial charge in [0.25, 0.3) is 0 Å². The third kappa shape index (κ3) is 2.01. The van der Waals surface area contributed by atoms with Crippen molar-refractivity contribution >= 4 is 11.8 Å². The Morgan fingerprint density at radius 2 is 2.31 bits per heavy atom. The molecule has 0 aliphatic heterocycles. The lowest BCUT2D eigenvalue weighted by Gasteiger charge is -2.22. The number of nitrogens with zero attached hydrogens (tertiary/aromatic N) is 2. The number of carbonyl (C=O) groups is 1. The highest BCUT2D eigenvalue weighted by atomic mass is 16.5. The lowest BCUT2D eigenvalue weighted by Crippen LogP contribution is -2.33. The highest BCUT2D eigenvalue weighted by Crippen LogP contribution is 2.47. The molecule has 1 fully saturated rings. The second-order valence-corrected chi connectivity index (χ2v) is 4.32. The third-order valence-electron chi connectivity index (χ3n) is 3.05. The number of methoxy groups -OCH3 is 1. The minimum atomic E-state index is -0.291. The highest BCUT2D eigenvalue weighted by Gasteiger charge is 2.51. The lowest BCUT2D eigenvalue weighted by atomic mass is 10.1. The van der Waals surface area contributed by atoms with Crippen LogP contribution in [0.3, 0.4) is 0 Å². The molecule has 2 rings (SSSR count). The molecule has 0 unspecified atom stereocenters. The van der Waals surface area contributed by atoms with Crippen LogP contribution >= 0.6 is 0 Å². The summed E-state index contributed by atoms with van der Waals surface area (Å²) in [5, 5.41) is 0. The van der Waals surface area contributed by atoms with Gasteiger partial charge in [0, 0.05) is 19.8 Å². The molecule has 1 saturated carbocycles. The van der Waals surface area contributed by atoms with Crippen LogP contribution in [-0.2, 0) is 9.53 Å². The zero-order chi connectivity index (χ0) is 11.6. The van der Waals surface area contributed by atoms with Crippen molar-refractivity contribution in [2.45, 2.75) is 12.8 Å². The minimum Gasteiger partial charge on any atom is -0.469 e. The van der Waals surface area contributed by atoms with Crippen LogP contribution in [0.15, 0.2) is 24.4 Å². The maximum atomic E-state index is 11.6. The number of hydrogen-bond donors (Lipinski definition) is 0. The molecule has 4 heteroatoms. The van der Waals surface area contributed by atoms with E-state index >= 15 is 0 Å². The predicted octanol–water partition coefficient (Wildman–Crippen LogP) is 1.47. The quantitative estimate of drug-likeness (QED) is 0.721. The Morgan fingerprint density at radius 3 is 2.81 bits per heavy atom. The summed E-state index contributed by atoms with van der Waals surface area (Å²) in [5.41, 5.74) is -0.291. The number of carbonyl (C=O) groups excluding carboxylic acids is 1. The van der Waals surface area contributed by atoms with Crippen LogP contribution in [0.5, 0.6) is 0 Å². The van der Waals surface area contributed by atoms with Crippen molar-refractivity contribution in [3.8, 4) is 0 Å². The molecule has 0 atom stereocenters. The molecular formula is C12H16N2O2. The smallest absolute Gasteiger partial charge is 0.313 e. The molecule has 16 heavy (non-hydrogen) atoms. The van der Waals surface area contributed by atoms with E-state index in [0.717, 1.165) is 18.7 Å². The largest absolute Gasteiger partial charge is 0.469 e. The highest BCUT2D eigenvalue weighted by molar-refractivity contribution is 5.80. The van der Waals surface area contributed by atoms with Gasteiger partial charge in [0.2, 0.25) is 0 Å². The van der Waals surface area contributed by atoms with Gasteiger partial charge in [-0.3, -0.25) is 4.79 Å². The average molecular weight is 220 g/mol. The molecule has 0 bridgehead atoms. The first kappa shape index (κ1) is 10.9. The minimum absolute atomic E-state index is 0.102. The molecule has 0 radical (unpaired) electrons. The van der Waals surface area contributed by atoms with Crippen LogP contribution in [0.4, 0.5) is 5.82 Å². The first-order valence-electron chi connectivity index (χ1n) is 5.38. The van der Waals surface area contributed by atoms with E-state index in [0.29, 0.717) is 6.54 Å². The molecule has 1 aliphatic carbocycles. The lowest BCUT2D eigenvalue weighted by molar-refractivity contribution is -0.146. The molecule has 1 heterocycles.